The van der Waals surface area contributed by atoms with Gasteiger partial charge in [0.2, 0.25) is 0 Å². The van der Waals surface area contributed by atoms with Gasteiger partial charge in [0.05, 0.1) is 25.5 Å². The van der Waals surface area contributed by atoms with Crippen molar-refractivity contribution in [3.05, 3.63) is 52.0 Å². The molecule has 0 atom stereocenters. The Morgan fingerprint density at radius 2 is 1.50 bits per heavy atom. The second-order valence-electron chi connectivity index (χ2n) is 6.55. The van der Waals surface area contributed by atoms with Crippen molar-refractivity contribution in [1.82, 2.24) is 5.32 Å². The van der Waals surface area contributed by atoms with E-state index in [1.54, 1.807) is 43.3 Å². The number of rotatable bonds is 8. The van der Waals surface area contributed by atoms with Gasteiger partial charge in [-0.25, -0.2) is 9.69 Å². The Hall–Kier alpha value is -3.33. The third-order valence-corrected chi connectivity index (χ3v) is 5.16. The number of anilines is 1. The van der Waals surface area contributed by atoms with E-state index >= 15 is 0 Å². The van der Waals surface area contributed by atoms with Crippen LogP contribution in [0.4, 0.5) is 10.5 Å². The van der Waals surface area contributed by atoms with E-state index in [1.165, 1.54) is 6.08 Å². The number of nitrogens with zero attached hydrogens (tertiary/aromatic N) is 1. The summed E-state index contributed by atoms with van der Waals surface area (Å²) < 4.78 is 17.4. The number of benzene rings is 2. The van der Waals surface area contributed by atoms with E-state index in [4.69, 9.17) is 14.2 Å². The fourth-order valence-electron chi connectivity index (χ4n) is 3.15. The van der Waals surface area contributed by atoms with Gasteiger partial charge in [0.15, 0.2) is 11.5 Å². The van der Waals surface area contributed by atoms with Gasteiger partial charge in [-0.1, -0.05) is 28.1 Å². The number of hydrogen-bond acceptors (Lipinski definition) is 6. The summed E-state index contributed by atoms with van der Waals surface area (Å²) in [5.74, 6) is -0.186. The molecule has 1 N–H and O–H groups in total. The molecule has 0 bridgehead atoms. The predicted octanol–water partition coefficient (Wildman–Crippen LogP) is 4.31. The molecular weight excluding hydrogens is 480 g/mol. The molecule has 0 saturated carbocycles. The number of nitrogens with one attached hydrogen (secondary N) is 1. The molecule has 0 aromatic heterocycles. The second kappa shape index (κ2) is 10.3. The summed E-state index contributed by atoms with van der Waals surface area (Å²) in [6.07, 6.45) is 1.41. The lowest BCUT2D eigenvalue weighted by atomic mass is 10.1. The SMILES string of the molecule is CCOc1cc(Br)c(/C=C2\C(=O)NC(=O)N(c3ccccc3OCC)C2=O)cc1OCC. The Kier molecular flexibility index (Phi) is 7.53. The minimum atomic E-state index is -0.843. The van der Waals surface area contributed by atoms with Crippen molar-refractivity contribution in [2.75, 3.05) is 24.7 Å². The summed E-state index contributed by atoms with van der Waals surface area (Å²) in [6, 6.07) is 9.17. The van der Waals surface area contributed by atoms with E-state index in [9.17, 15) is 14.4 Å². The molecule has 2 aromatic rings. The average molecular weight is 503 g/mol. The molecule has 1 fully saturated rings. The van der Waals surface area contributed by atoms with Crippen LogP contribution in [0.1, 0.15) is 26.3 Å². The standard InChI is InChI=1S/C23H23BrN2O6/c1-4-30-18-10-8-7-9-17(18)26-22(28)15(21(27)25-23(26)29)11-14-12-19(31-5-2)20(32-6-3)13-16(14)24/h7-13H,4-6H2,1-3H3,(H,25,27,29)/b15-11+. The van der Waals surface area contributed by atoms with Gasteiger partial charge in [-0.2, -0.15) is 0 Å². The quantitative estimate of drug-likeness (QED) is 0.426. The monoisotopic (exact) mass is 502 g/mol. The van der Waals surface area contributed by atoms with E-state index in [1.807, 2.05) is 13.8 Å². The van der Waals surface area contributed by atoms with Gasteiger partial charge in [-0.3, -0.25) is 14.9 Å². The number of imide groups is 2. The van der Waals surface area contributed by atoms with Crippen molar-refractivity contribution < 1.29 is 28.6 Å². The normalized spacial score (nSPS) is 15.1. The number of carbonyl (C=O) groups excluding carboxylic acids is 3. The van der Waals surface area contributed by atoms with Crippen LogP contribution < -0.4 is 24.4 Å². The second-order valence-corrected chi connectivity index (χ2v) is 7.40. The fourth-order valence-corrected chi connectivity index (χ4v) is 3.59. The zero-order chi connectivity index (χ0) is 23.3. The Morgan fingerprint density at radius 3 is 2.16 bits per heavy atom. The molecule has 32 heavy (non-hydrogen) atoms. The van der Waals surface area contributed by atoms with E-state index in [0.29, 0.717) is 47.1 Å². The van der Waals surface area contributed by atoms with Crippen molar-refractivity contribution in [2.24, 2.45) is 0 Å². The maximum atomic E-state index is 13.2. The molecule has 0 radical (unpaired) electrons. The smallest absolute Gasteiger partial charge is 0.336 e. The fraction of sp³-hybridized carbons (Fsp3) is 0.261. The van der Waals surface area contributed by atoms with Crippen LogP contribution in [0.5, 0.6) is 17.2 Å². The first-order valence-corrected chi connectivity index (χ1v) is 10.9. The molecule has 9 heteroatoms. The molecule has 4 amide bonds. The van der Waals surface area contributed by atoms with Crippen molar-refractivity contribution in [1.29, 1.82) is 0 Å². The van der Waals surface area contributed by atoms with Crippen molar-refractivity contribution >= 4 is 45.5 Å². The lowest BCUT2D eigenvalue weighted by Crippen LogP contribution is -2.54. The molecule has 8 nitrogen and oxygen atoms in total. The molecule has 3 rings (SSSR count). The van der Waals surface area contributed by atoms with Crippen LogP contribution >= 0.6 is 15.9 Å². The number of amides is 4. The van der Waals surface area contributed by atoms with E-state index in [0.717, 1.165) is 4.90 Å². The van der Waals surface area contributed by atoms with E-state index in [2.05, 4.69) is 21.2 Å². The number of ether oxygens (including phenoxy) is 3. The summed E-state index contributed by atoms with van der Waals surface area (Å²) in [5.41, 5.74) is 0.557. The average Bonchev–Trinajstić information content (AvgIpc) is 2.75. The van der Waals surface area contributed by atoms with Crippen molar-refractivity contribution in [3.63, 3.8) is 0 Å². The highest BCUT2D eigenvalue weighted by molar-refractivity contribution is 9.10. The van der Waals surface area contributed by atoms with Gasteiger partial charge >= 0.3 is 6.03 Å². The van der Waals surface area contributed by atoms with Crippen LogP contribution in [0.2, 0.25) is 0 Å². The molecule has 1 aliphatic rings. The maximum absolute atomic E-state index is 13.2. The molecule has 1 heterocycles. The minimum Gasteiger partial charge on any atom is -0.492 e. The van der Waals surface area contributed by atoms with Crippen molar-refractivity contribution in [3.8, 4) is 17.2 Å². The summed E-state index contributed by atoms with van der Waals surface area (Å²) >= 11 is 3.45. The van der Waals surface area contributed by atoms with Gasteiger partial charge in [-0.05, 0) is 56.7 Å². The Balaban J connectivity index is 2.06. The topological polar surface area (TPSA) is 94.2 Å². The maximum Gasteiger partial charge on any atom is 0.336 e. The van der Waals surface area contributed by atoms with Crippen LogP contribution in [-0.2, 0) is 9.59 Å². The highest BCUT2D eigenvalue weighted by Crippen LogP contribution is 2.36. The van der Waals surface area contributed by atoms with Crippen LogP contribution in [0.15, 0.2) is 46.4 Å². The molecule has 0 unspecified atom stereocenters. The molecule has 168 valence electrons. The first-order valence-electron chi connectivity index (χ1n) is 10.1. The van der Waals surface area contributed by atoms with Gasteiger partial charge in [-0.15, -0.1) is 0 Å². The zero-order valence-corrected chi connectivity index (χ0v) is 19.5. The lowest BCUT2D eigenvalue weighted by molar-refractivity contribution is -0.122. The minimum absolute atomic E-state index is 0.205. The van der Waals surface area contributed by atoms with E-state index < -0.39 is 17.8 Å². The van der Waals surface area contributed by atoms with Gasteiger partial charge in [0.25, 0.3) is 11.8 Å². The first-order chi connectivity index (χ1) is 15.4. The van der Waals surface area contributed by atoms with Crippen LogP contribution in [0.3, 0.4) is 0 Å². The third-order valence-electron chi connectivity index (χ3n) is 4.47. The molecule has 1 aliphatic heterocycles. The number of para-hydroxylation sites is 2. The van der Waals surface area contributed by atoms with Gasteiger partial charge in [0, 0.05) is 4.47 Å². The van der Waals surface area contributed by atoms with Crippen LogP contribution in [0.25, 0.3) is 6.08 Å². The largest absolute Gasteiger partial charge is 0.492 e. The third kappa shape index (κ3) is 4.77. The number of hydrogen-bond donors (Lipinski definition) is 1. The summed E-state index contributed by atoms with van der Waals surface area (Å²) in [4.78, 5) is 39.2. The molecular formula is C23H23BrN2O6. The van der Waals surface area contributed by atoms with Crippen molar-refractivity contribution in [2.45, 2.75) is 20.8 Å². The highest BCUT2D eigenvalue weighted by atomic mass is 79.9. The van der Waals surface area contributed by atoms with Gasteiger partial charge in [0.1, 0.15) is 11.3 Å². The van der Waals surface area contributed by atoms with Crippen LogP contribution in [0, 0.1) is 0 Å². The van der Waals surface area contributed by atoms with E-state index in [-0.39, 0.29) is 11.3 Å². The highest BCUT2D eigenvalue weighted by Gasteiger charge is 2.38. The summed E-state index contributed by atoms with van der Waals surface area (Å²) in [7, 11) is 0. The number of halogens is 1. The zero-order valence-electron chi connectivity index (χ0n) is 17.9. The molecule has 0 aliphatic carbocycles. The predicted molar refractivity (Wildman–Crippen MR) is 123 cm³/mol. The van der Waals surface area contributed by atoms with Gasteiger partial charge < -0.3 is 14.2 Å². The number of carbonyl (C=O) groups is 3. The number of barbiturate groups is 1. The van der Waals surface area contributed by atoms with Crippen LogP contribution in [-0.4, -0.2) is 37.7 Å². The summed E-state index contributed by atoms with van der Waals surface area (Å²) in [5, 5.41) is 2.22. The Bertz CT molecular complexity index is 1080. The first kappa shape index (κ1) is 23.3. The lowest BCUT2D eigenvalue weighted by Gasteiger charge is -2.27. The molecule has 2 aromatic carbocycles. The summed E-state index contributed by atoms with van der Waals surface area (Å²) in [6.45, 7) is 6.70. The Labute approximate surface area is 194 Å². The molecule has 0 spiro atoms. The molecule has 1 saturated heterocycles. The Morgan fingerprint density at radius 1 is 0.906 bits per heavy atom. The number of urea groups is 1.